The average molecular weight is 281 g/mol. The number of likely N-dealkylation sites (tertiary alicyclic amines) is 1. The Morgan fingerprint density at radius 1 is 1.05 bits per heavy atom. The quantitative estimate of drug-likeness (QED) is 0.825. The molecule has 0 radical (unpaired) electrons. The molecule has 0 bridgehead atoms. The summed E-state index contributed by atoms with van der Waals surface area (Å²) in [4.78, 5) is 2.78. The maximum absolute atomic E-state index is 3.85. The Morgan fingerprint density at radius 2 is 1.70 bits per heavy atom. The highest BCUT2D eigenvalue weighted by molar-refractivity contribution is 4.92. The Morgan fingerprint density at radius 3 is 2.20 bits per heavy atom. The minimum Gasteiger partial charge on any atom is -0.312 e. The molecule has 0 aromatic carbocycles. The topological polar surface area (TPSA) is 15.3 Å². The van der Waals surface area contributed by atoms with Crippen molar-refractivity contribution in [1.82, 2.24) is 10.2 Å². The molecule has 1 aliphatic heterocycles. The molecule has 2 fully saturated rings. The highest BCUT2D eigenvalue weighted by Gasteiger charge is 2.37. The fourth-order valence-corrected chi connectivity index (χ4v) is 3.46. The van der Waals surface area contributed by atoms with Gasteiger partial charge >= 0.3 is 0 Å². The van der Waals surface area contributed by atoms with Gasteiger partial charge in [-0.1, -0.05) is 34.6 Å². The molecule has 1 heterocycles. The van der Waals surface area contributed by atoms with E-state index in [0.29, 0.717) is 11.5 Å². The zero-order valence-electron chi connectivity index (χ0n) is 14.6. The Hall–Kier alpha value is -0.0800. The van der Waals surface area contributed by atoms with E-state index in [2.05, 4.69) is 51.8 Å². The third-order valence-corrected chi connectivity index (χ3v) is 5.26. The molecule has 1 saturated carbocycles. The number of hydrogen-bond acceptors (Lipinski definition) is 2. The number of nitrogens with one attached hydrogen (secondary N) is 1. The highest BCUT2D eigenvalue weighted by Crippen LogP contribution is 2.37. The van der Waals surface area contributed by atoms with Crippen LogP contribution in [0.1, 0.15) is 60.8 Å². The molecule has 1 N–H and O–H groups in total. The maximum atomic E-state index is 3.85. The molecular weight excluding hydrogens is 244 g/mol. The van der Waals surface area contributed by atoms with E-state index in [4.69, 9.17) is 0 Å². The standard InChI is InChI=1S/C18H36N2/c1-13(2)16-9-17(19-12-18(4,5)6)11-20(10-16)14(3)15-7-8-15/h13-17,19H,7-12H2,1-6H3. The normalized spacial score (nSPS) is 30.8. The van der Waals surface area contributed by atoms with Crippen molar-refractivity contribution < 1.29 is 0 Å². The SMILES string of the molecule is CC(C)C1CC(NCC(C)(C)C)CN(C(C)C2CC2)C1. The number of nitrogens with zero attached hydrogens (tertiary/aromatic N) is 1. The summed E-state index contributed by atoms with van der Waals surface area (Å²) < 4.78 is 0. The lowest BCUT2D eigenvalue weighted by atomic mass is 9.84. The van der Waals surface area contributed by atoms with Crippen molar-refractivity contribution in [2.24, 2.45) is 23.2 Å². The summed E-state index contributed by atoms with van der Waals surface area (Å²) in [7, 11) is 0. The first kappa shape index (κ1) is 16.3. The summed E-state index contributed by atoms with van der Waals surface area (Å²) >= 11 is 0. The van der Waals surface area contributed by atoms with Gasteiger partial charge in [-0.2, -0.15) is 0 Å². The summed E-state index contributed by atoms with van der Waals surface area (Å²) in [6.45, 7) is 18.0. The minimum atomic E-state index is 0.387. The van der Waals surface area contributed by atoms with E-state index in [1.54, 1.807) is 0 Å². The lowest BCUT2D eigenvalue weighted by Gasteiger charge is -2.43. The van der Waals surface area contributed by atoms with Gasteiger partial charge in [0.2, 0.25) is 0 Å². The highest BCUT2D eigenvalue weighted by atomic mass is 15.2. The second-order valence-electron chi connectivity index (χ2n) is 8.91. The van der Waals surface area contributed by atoms with Crippen LogP contribution in [-0.2, 0) is 0 Å². The molecule has 0 amide bonds. The van der Waals surface area contributed by atoms with Gasteiger partial charge in [0.1, 0.15) is 0 Å². The third-order valence-electron chi connectivity index (χ3n) is 5.26. The van der Waals surface area contributed by atoms with Crippen molar-refractivity contribution in [2.75, 3.05) is 19.6 Å². The van der Waals surface area contributed by atoms with E-state index < -0.39 is 0 Å². The van der Waals surface area contributed by atoms with Crippen LogP contribution in [-0.4, -0.2) is 36.6 Å². The number of rotatable bonds is 5. The first-order valence-electron chi connectivity index (χ1n) is 8.73. The van der Waals surface area contributed by atoms with Gasteiger partial charge in [0.15, 0.2) is 0 Å². The molecule has 2 nitrogen and oxygen atoms in total. The second-order valence-corrected chi connectivity index (χ2v) is 8.91. The molecule has 3 unspecified atom stereocenters. The van der Waals surface area contributed by atoms with Crippen LogP contribution in [0.3, 0.4) is 0 Å². The molecule has 2 heteroatoms. The van der Waals surface area contributed by atoms with Gasteiger partial charge in [-0.05, 0) is 49.4 Å². The van der Waals surface area contributed by atoms with Gasteiger partial charge in [0.25, 0.3) is 0 Å². The van der Waals surface area contributed by atoms with Gasteiger partial charge in [-0.25, -0.2) is 0 Å². The monoisotopic (exact) mass is 280 g/mol. The molecule has 1 saturated heterocycles. The minimum absolute atomic E-state index is 0.387. The van der Waals surface area contributed by atoms with Crippen LogP contribution in [0.15, 0.2) is 0 Å². The summed E-state index contributed by atoms with van der Waals surface area (Å²) in [6, 6.07) is 1.49. The lowest BCUT2D eigenvalue weighted by molar-refractivity contribution is 0.0732. The molecule has 1 aliphatic carbocycles. The fraction of sp³-hybridized carbons (Fsp3) is 1.00. The summed E-state index contributed by atoms with van der Waals surface area (Å²) in [5.74, 6) is 2.66. The van der Waals surface area contributed by atoms with Crippen LogP contribution in [0.2, 0.25) is 0 Å². The number of hydrogen-bond donors (Lipinski definition) is 1. The molecule has 2 aliphatic rings. The smallest absolute Gasteiger partial charge is 0.0198 e. The summed E-state index contributed by atoms with van der Waals surface area (Å²) in [6.07, 6.45) is 4.29. The van der Waals surface area contributed by atoms with E-state index in [-0.39, 0.29) is 0 Å². The van der Waals surface area contributed by atoms with E-state index in [1.807, 2.05) is 0 Å². The van der Waals surface area contributed by atoms with E-state index in [1.165, 1.54) is 32.4 Å². The molecule has 2 rings (SSSR count). The predicted molar refractivity (Wildman–Crippen MR) is 87.9 cm³/mol. The van der Waals surface area contributed by atoms with E-state index in [9.17, 15) is 0 Å². The third kappa shape index (κ3) is 4.73. The molecule has 118 valence electrons. The molecule has 3 atom stereocenters. The Bertz CT molecular complexity index is 301. The zero-order valence-corrected chi connectivity index (χ0v) is 14.6. The second kappa shape index (κ2) is 6.36. The van der Waals surface area contributed by atoms with Gasteiger partial charge in [-0.3, -0.25) is 4.90 Å². The molecule has 0 aromatic rings. The van der Waals surface area contributed by atoms with Gasteiger partial charge < -0.3 is 5.32 Å². The van der Waals surface area contributed by atoms with Crippen LogP contribution in [0.25, 0.3) is 0 Å². The van der Waals surface area contributed by atoms with Crippen molar-refractivity contribution in [3.63, 3.8) is 0 Å². The molecular formula is C18H36N2. The average Bonchev–Trinajstić information content (AvgIpc) is 3.18. The van der Waals surface area contributed by atoms with Crippen molar-refractivity contribution in [2.45, 2.75) is 72.9 Å². The molecule has 20 heavy (non-hydrogen) atoms. The Kier molecular flexibility index (Phi) is 5.18. The van der Waals surface area contributed by atoms with Crippen LogP contribution >= 0.6 is 0 Å². The van der Waals surface area contributed by atoms with Gasteiger partial charge in [-0.15, -0.1) is 0 Å². The van der Waals surface area contributed by atoms with Crippen LogP contribution < -0.4 is 5.32 Å². The number of piperidine rings is 1. The van der Waals surface area contributed by atoms with Crippen molar-refractivity contribution >= 4 is 0 Å². The van der Waals surface area contributed by atoms with Gasteiger partial charge in [0, 0.05) is 31.7 Å². The first-order chi connectivity index (χ1) is 9.26. The maximum Gasteiger partial charge on any atom is 0.0198 e. The van der Waals surface area contributed by atoms with Crippen LogP contribution in [0, 0.1) is 23.2 Å². The van der Waals surface area contributed by atoms with Crippen molar-refractivity contribution in [3.8, 4) is 0 Å². The molecule has 0 spiro atoms. The summed E-state index contributed by atoms with van der Waals surface area (Å²) in [5.41, 5.74) is 0.387. The Balaban J connectivity index is 1.93. The van der Waals surface area contributed by atoms with Crippen molar-refractivity contribution in [1.29, 1.82) is 0 Å². The van der Waals surface area contributed by atoms with Crippen molar-refractivity contribution in [3.05, 3.63) is 0 Å². The van der Waals surface area contributed by atoms with E-state index in [0.717, 1.165) is 30.3 Å². The Labute approximate surface area is 126 Å². The predicted octanol–water partition coefficient (Wildman–Crippen LogP) is 3.77. The van der Waals surface area contributed by atoms with Gasteiger partial charge in [0.05, 0.1) is 0 Å². The first-order valence-corrected chi connectivity index (χ1v) is 8.73. The fourth-order valence-electron chi connectivity index (χ4n) is 3.46. The lowest BCUT2D eigenvalue weighted by Crippen LogP contribution is -2.54. The van der Waals surface area contributed by atoms with Crippen LogP contribution in [0.5, 0.6) is 0 Å². The zero-order chi connectivity index (χ0) is 14.9. The van der Waals surface area contributed by atoms with E-state index >= 15 is 0 Å². The summed E-state index contributed by atoms with van der Waals surface area (Å²) in [5, 5.41) is 3.85. The molecule has 0 aromatic heterocycles. The van der Waals surface area contributed by atoms with Crippen LogP contribution in [0.4, 0.5) is 0 Å². The largest absolute Gasteiger partial charge is 0.312 e.